The molecule has 0 spiro atoms. The van der Waals surface area contributed by atoms with E-state index in [-0.39, 0.29) is 6.10 Å². The smallest absolute Gasteiger partial charge is 0.0695 e. The van der Waals surface area contributed by atoms with Crippen molar-refractivity contribution in [3.05, 3.63) is 18.0 Å². The van der Waals surface area contributed by atoms with Crippen LogP contribution in [0.15, 0.2) is 12.4 Å². The standard InChI is InChI=1S/C19H34N4O/c1-4-23-11-7-8-15(19(23)16-12-20-22(3)14-16)13-21(2)17-9-5-6-10-18(17)24/h12,14-15,17-19,24H,4-11,13H2,1-3H3/t15-,17?,18?,19+/m0/s1. The van der Waals surface area contributed by atoms with Gasteiger partial charge in [-0.3, -0.25) is 9.58 Å². The second-order valence-electron chi connectivity index (χ2n) is 7.78. The first kappa shape index (κ1) is 17.9. The summed E-state index contributed by atoms with van der Waals surface area (Å²) in [6, 6.07) is 0.797. The number of nitrogens with zero attached hydrogens (tertiary/aromatic N) is 4. The Morgan fingerprint density at radius 2 is 2.04 bits per heavy atom. The minimum atomic E-state index is -0.147. The number of aliphatic hydroxyl groups is 1. The molecule has 1 aliphatic carbocycles. The van der Waals surface area contributed by atoms with Crippen molar-refractivity contribution in [2.24, 2.45) is 13.0 Å². The number of hydrogen-bond acceptors (Lipinski definition) is 4. The molecule has 1 N–H and O–H groups in total. The molecule has 2 aliphatic rings. The van der Waals surface area contributed by atoms with Crippen molar-refractivity contribution in [1.82, 2.24) is 19.6 Å². The molecular weight excluding hydrogens is 300 g/mol. The maximum atomic E-state index is 10.4. The maximum Gasteiger partial charge on any atom is 0.0695 e. The average Bonchev–Trinajstić information content (AvgIpc) is 3.01. The predicted octanol–water partition coefficient (Wildman–Crippen LogP) is 2.43. The number of rotatable bonds is 5. The summed E-state index contributed by atoms with van der Waals surface area (Å²) in [6.07, 6.45) is 11.2. The zero-order valence-electron chi connectivity index (χ0n) is 15.6. The van der Waals surface area contributed by atoms with Crippen LogP contribution in [0.5, 0.6) is 0 Å². The van der Waals surface area contributed by atoms with E-state index >= 15 is 0 Å². The summed E-state index contributed by atoms with van der Waals surface area (Å²) in [6.45, 7) is 5.60. The van der Waals surface area contributed by atoms with Crippen LogP contribution >= 0.6 is 0 Å². The molecule has 5 nitrogen and oxygen atoms in total. The van der Waals surface area contributed by atoms with Crippen molar-refractivity contribution < 1.29 is 5.11 Å². The molecule has 0 radical (unpaired) electrons. The second-order valence-corrected chi connectivity index (χ2v) is 7.78. The fraction of sp³-hybridized carbons (Fsp3) is 0.842. The summed E-state index contributed by atoms with van der Waals surface area (Å²) in [5.74, 6) is 0.613. The molecular formula is C19H34N4O. The van der Waals surface area contributed by atoms with E-state index in [1.807, 2.05) is 17.9 Å². The molecule has 24 heavy (non-hydrogen) atoms. The van der Waals surface area contributed by atoms with Crippen LogP contribution in [0.3, 0.4) is 0 Å². The summed E-state index contributed by atoms with van der Waals surface area (Å²) in [5.41, 5.74) is 1.35. The van der Waals surface area contributed by atoms with Gasteiger partial charge in [0.1, 0.15) is 0 Å². The second kappa shape index (κ2) is 7.98. The summed E-state index contributed by atoms with van der Waals surface area (Å²) >= 11 is 0. The highest BCUT2D eigenvalue weighted by molar-refractivity contribution is 5.13. The molecule has 1 aliphatic heterocycles. The van der Waals surface area contributed by atoms with E-state index in [2.05, 4.69) is 35.1 Å². The van der Waals surface area contributed by atoms with Gasteiger partial charge in [-0.05, 0) is 51.7 Å². The summed E-state index contributed by atoms with van der Waals surface area (Å²) in [7, 11) is 4.21. The van der Waals surface area contributed by atoms with Crippen LogP contribution in [0.2, 0.25) is 0 Å². The normalized spacial score (nSPS) is 32.4. The van der Waals surface area contributed by atoms with Gasteiger partial charge in [-0.15, -0.1) is 0 Å². The number of aromatic nitrogens is 2. The largest absolute Gasteiger partial charge is 0.391 e. The fourth-order valence-corrected chi connectivity index (χ4v) is 4.88. The molecule has 2 heterocycles. The zero-order valence-corrected chi connectivity index (χ0v) is 15.6. The molecule has 1 saturated heterocycles. The highest BCUT2D eigenvalue weighted by atomic mass is 16.3. The minimum absolute atomic E-state index is 0.147. The van der Waals surface area contributed by atoms with Gasteiger partial charge in [0, 0.05) is 37.4 Å². The highest BCUT2D eigenvalue weighted by Gasteiger charge is 2.35. The number of likely N-dealkylation sites (tertiary alicyclic amines) is 1. The van der Waals surface area contributed by atoms with Crippen molar-refractivity contribution in [2.75, 3.05) is 26.7 Å². The van der Waals surface area contributed by atoms with Gasteiger partial charge in [0.25, 0.3) is 0 Å². The molecule has 1 aromatic rings. The molecule has 136 valence electrons. The highest BCUT2D eigenvalue weighted by Crippen LogP contribution is 2.37. The molecule has 0 bridgehead atoms. The summed E-state index contributed by atoms with van der Waals surface area (Å²) in [5, 5.41) is 14.8. The molecule has 0 amide bonds. The van der Waals surface area contributed by atoms with Crippen molar-refractivity contribution >= 4 is 0 Å². The Balaban J connectivity index is 1.73. The number of likely N-dealkylation sites (N-methyl/N-ethyl adjacent to an activating group) is 1. The number of piperidine rings is 1. The Hall–Kier alpha value is -0.910. The van der Waals surface area contributed by atoms with Gasteiger partial charge in [0.15, 0.2) is 0 Å². The third kappa shape index (κ3) is 3.84. The molecule has 3 rings (SSSR count). The van der Waals surface area contributed by atoms with Crippen molar-refractivity contribution in [3.8, 4) is 0 Å². The van der Waals surface area contributed by atoms with Crippen LogP contribution in [-0.4, -0.2) is 63.5 Å². The SMILES string of the molecule is CCN1CCC[C@@H](CN(C)C2CCCCC2O)[C@@H]1c1cnn(C)c1. The number of hydrogen-bond donors (Lipinski definition) is 1. The first-order valence-corrected chi connectivity index (χ1v) is 9.71. The van der Waals surface area contributed by atoms with E-state index in [1.165, 1.54) is 37.8 Å². The van der Waals surface area contributed by atoms with E-state index in [0.717, 1.165) is 25.9 Å². The van der Waals surface area contributed by atoms with Crippen molar-refractivity contribution in [1.29, 1.82) is 0 Å². The van der Waals surface area contributed by atoms with Gasteiger partial charge < -0.3 is 10.0 Å². The predicted molar refractivity (Wildman–Crippen MR) is 96.8 cm³/mol. The average molecular weight is 335 g/mol. The lowest BCUT2D eigenvalue weighted by Gasteiger charge is -2.44. The Labute approximate surface area is 146 Å². The lowest BCUT2D eigenvalue weighted by molar-refractivity contribution is 0.00676. The molecule has 2 unspecified atom stereocenters. The molecule has 0 aromatic carbocycles. The lowest BCUT2D eigenvalue weighted by atomic mass is 9.84. The maximum absolute atomic E-state index is 10.4. The van der Waals surface area contributed by atoms with Crippen molar-refractivity contribution in [2.45, 2.75) is 63.6 Å². The van der Waals surface area contributed by atoms with Crippen molar-refractivity contribution in [3.63, 3.8) is 0 Å². The van der Waals surface area contributed by atoms with Crippen LogP contribution in [0.25, 0.3) is 0 Å². The summed E-state index contributed by atoms with van der Waals surface area (Å²) < 4.78 is 1.92. The monoisotopic (exact) mass is 334 g/mol. The molecule has 2 fully saturated rings. The Morgan fingerprint density at radius 3 is 2.71 bits per heavy atom. The number of aliphatic hydroxyl groups excluding tert-OH is 1. The van der Waals surface area contributed by atoms with Gasteiger partial charge in [0.2, 0.25) is 0 Å². The van der Waals surface area contributed by atoms with E-state index in [4.69, 9.17) is 0 Å². The Kier molecular flexibility index (Phi) is 5.95. The lowest BCUT2D eigenvalue weighted by Crippen LogP contribution is -2.48. The molecule has 1 saturated carbocycles. The van der Waals surface area contributed by atoms with Crippen LogP contribution in [-0.2, 0) is 7.05 Å². The van der Waals surface area contributed by atoms with E-state index in [0.29, 0.717) is 18.0 Å². The van der Waals surface area contributed by atoms with Gasteiger partial charge in [-0.25, -0.2) is 0 Å². The topological polar surface area (TPSA) is 44.5 Å². The van der Waals surface area contributed by atoms with E-state index < -0.39 is 0 Å². The Morgan fingerprint density at radius 1 is 1.25 bits per heavy atom. The quantitative estimate of drug-likeness (QED) is 0.898. The molecule has 4 atom stereocenters. The third-order valence-corrected chi connectivity index (χ3v) is 6.12. The minimum Gasteiger partial charge on any atom is -0.391 e. The Bertz CT molecular complexity index is 517. The van der Waals surface area contributed by atoms with Crippen LogP contribution in [0.4, 0.5) is 0 Å². The van der Waals surface area contributed by atoms with Crippen LogP contribution in [0.1, 0.15) is 57.1 Å². The zero-order chi connectivity index (χ0) is 17.1. The van der Waals surface area contributed by atoms with Crippen LogP contribution in [0, 0.1) is 5.92 Å². The van der Waals surface area contributed by atoms with Gasteiger partial charge in [0.05, 0.1) is 12.3 Å². The first-order chi connectivity index (χ1) is 11.6. The van der Waals surface area contributed by atoms with Gasteiger partial charge in [-0.2, -0.15) is 5.10 Å². The molecule has 1 aromatic heterocycles. The fourth-order valence-electron chi connectivity index (χ4n) is 4.88. The van der Waals surface area contributed by atoms with Gasteiger partial charge >= 0.3 is 0 Å². The third-order valence-electron chi connectivity index (χ3n) is 6.12. The van der Waals surface area contributed by atoms with E-state index in [9.17, 15) is 5.11 Å². The summed E-state index contributed by atoms with van der Waals surface area (Å²) in [4.78, 5) is 5.05. The van der Waals surface area contributed by atoms with E-state index in [1.54, 1.807) is 0 Å². The first-order valence-electron chi connectivity index (χ1n) is 9.71. The van der Waals surface area contributed by atoms with Crippen LogP contribution < -0.4 is 0 Å². The van der Waals surface area contributed by atoms with Gasteiger partial charge in [-0.1, -0.05) is 19.8 Å². The number of aryl methyl sites for hydroxylation is 1. The molecule has 5 heteroatoms.